The van der Waals surface area contributed by atoms with Gasteiger partial charge in [-0.05, 0) is 69.9 Å². The van der Waals surface area contributed by atoms with Crippen molar-refractivity contribution >= 4 is 5.97 Å². The summed E-state index contributed by atoms with van der Waals surface area (Å²) in [5.74, 6) is 2.00. The summed E-state index contributed by atoms with van der Waals surface area (Å²) in [4.78, 5) is 30.5. The Bertz CT molecular complexity index is 1090. The van der Waals surface area contributed by atoms with Crippen molar-refractivity contribution in [2.75, 3.05) is 39.3 Å². The minimum atomic E-state index is -0.114. The number of aromatic amines is 2. The van der Waals surface area contributed by atoms with Crippen molar-refractivity contribution in [3.63, 3.8) is 0 Å². The predicted molar refractivity (Wildman–Crippen MR) is 163 cm³/mol. The molecule has 0 aliphatic heterocycles. The van der Waals surface area contributed by atoms with Crippen molar-refractivity contribution < 1.29 is 14.1 Å². The van der Waals surface area contributed by atoms with Gasteiger partial charge in [-0.25, -0.2) is 14.5 Å². The Morgan fingerprint density at radius 2 is 1.46 bits per heavy atom. The number of ether oxygens (including phenoxy) is 1. The highest BCUT2D eigenvalue weighted by molar-refractivity contribution is 5.69. The average molecular weight is 567 g/mol. The minimum absolute atomic E-state index is 0.114. The van der Waals surface area contributed by atoms with E-state index in [1.165, 1.54) is 43.5 Å². The van der Waals surface area contributed by atoms with Crippen molar-refractivity contribution in [2.24, 2.45) is 7.05 Å². The maximum atomic E-state index is 12.1. The Kier molecular flexibility index (Phi) is 14.6. The molecule has 0 radical (unpaired) electrons. The summed E-state index contributed by atoms with van der Waals surface area (Å²) < 4.78 is 7.32. The van der Waals surface area contributed by atoms with Crippen LogP contribution in [0.4, 0.5) is 0 Å². The summed E-state index contributed by atoms with van der Waals surface area (Å²) in [6.07, 6.45) is 12.8. The monoisotopic (exact) mass is 566 g/mol. The number of aryl methyl sites for hydroxylation is 1. The third kappa shape index (κ3) is 12.2. The summed E-state index contributed by atoms with van der Waals surface area (Å²) in [5.41, 5.74) is 2.53. The fourth-order valence-corrected chi connectivity index (χ4v) is 5.23. The molecule has 0 spiro atoms. The SMILES string of the molecule is CCCN(CCC)CCCCN(CCC(=O)OCC)Cc1ccc(CN(Cc2ncc[nH]2)Cc2[nH]cc[n+]2C)cc1. The first-order valence-corrected chi connectivity index (χ1v) is 15.4. The van der Waals surface area contributed by atoms with Crippen LogP contribution in [0, 0.1) is 0 Å². The number of hydrogen-bond acceptors (Lipinski definition) is 6. The van der Waals surface area contributed by atoms with Crippen LogP contribution < -0.4 is 4.57 Å². The van der Waals surface area contributed by atoms with Gasteiger partial charge < -0.3 is 14.6 Å². The number of nitrogens with one attached hydrogen (secondary N) is 2. The maximum Gasteiger partial charge on any atom is 0.307 e. The molecule has 0 atom stereocenters. The molecule has 2 aromatic heterocycles. The highest BCUT2D eigenvalue weighted by Gasteiger charge is 2.16. The Morgan fingerprint density at radius 3 is 2.02 bits per heavy atom. The van der Waals surface area contributed by atoms with E-state index in [1.807, 2.05) is 25.5 Å². The van der Waals surface area contributed by atoms with Crippen molar-refractivity contribution in [1.29, 1.82) is 0 Å². The molecule has 0 bridgehead atoms. The molecule has 226 valence electrons. The van der Waals surface area contributed by atoms with Gasteiger partial charge in [0.15, 0.2) is 0 Å². The van der Waals surface area contributed by atoms with Crippen LogP contribution in [-0.2, 0) is 42.8 Å². The Balaban J connectivity index is 1.58. The molecule has 0 amide bonds. The van der Waals surface area contributed by atoms with Crippen molar-refractivity contribution in [2.45, 2.75) is 79.1 Å². The van der Waals surface area contributed by atoms with Crippen LogP contribution in [0.15, 0.2) is 49.1 Å². The topological polar surface area (TPSA) is 84.4 Å². The van der Waals surface area contributed by atoms with E-state index in [2.05, 4.69) is 79.4 Å². The van der Waals surface area contributed by atoms with Crippen molar-refractivity contribution in [3.8, 4) is 0 Å². The Hall–Kier alpha value is -3.01. The molecule has 1 aromatic carbocycles. The smallest absolute Gasteiger partial charge is 0.307 e. The Morgan fingerprint density at radius 1 is 0.805 bits per heavy atom. The van der Waals surface area contributed by atoms with Crippen molar-refractivity contribution in [1.82, 2.24) is 29.7 Å². The molecule has 9 heteroatoms. The zero-order chi connectivity index (χ0) is 29.3. The third-order valence-electron chi connectivity index (χ3n) is 7.33. The summed E-state index contributed by atoms with van der Waals surface area (Å²) in [5, 5.41) is 0. The van der Waals surface area contributed by atoms with Crippen LogP contribution in [-0.4, -0.2) is 75.0 Å². The zero-order valence-corrected chi connectivity index (χ0v) is 25.8. The average Bonchev–Trinajstić information content (AvgIpc) is 3.62. The van der Waals surface area contributed by atoms with Crippen LogP contribution in [0.3, 0.4) is 0 Å². The fraction of sp³-hybridized carbons (Fsp3) is 0.594. The van der Waals surface area contributed by atoms with E-state index in [0.717, 1.165) is 63.9 Å². The second-order valence-electron chi connectivity index (χ2n) is 10.9. The van der Waals surface area contributed by atoms with E-state index >= 15 is 0 Å². The van der Waals surface area contributed by atoms with Crippen LogP contribution in [0.5, 0.6) is 0 Å². The lowest BCUT2D eigenvalue weighted by Crippen LogP contribution is -2.35. The molecule has 0 fully saturated rings. The molecule has 0 saturated heterocycles. The summed E-state index contributed by atoms with van der Waals surface area (Å²) in [6, 6.07) is 8.93. The molecule has 41 heavy (non-hydrogen) atoms. The lowest BCUT2D eigenvalue weighted by Gasteiger charge is -2.24. The molecule has 0 saturated carbocycles. The van der Waals surface area contributed by atoms with Gasteiger partial charge in [-0.3, -0.25) is 14.6 Å². The van der Waals surface area contributed by atoms with Gasteiger partial charge in [0.1, 0.15) is 24.8 Å². The molecular weight excluding hydrogens is 514 g/mol. The molecule has 2 N–H and O–H groups in total. The molecular formula is C32H52N7O2+. The van der Waals surface area contributed by atoms with Gasteiger partial charge in [0.25, 0.3) is 5.82 Å². The third-order valence-corrected chi connectivity index (χ3v) is 7.33. The Labute approximate surface area is 246 Å². The number of carbonyl (C=O) groups excluding carboxylic acids is 1. The highest BCUT2D eigenvalue weighted by Crippen LogP contribution is 2.14. The normalized spacial score (nSPS) is 11.7. The molecule has 3 rings (SSSR count). The van der Waals surface area contributed by atoms with E-state index in [-0.39, 0.29) is 5.97 Å². The zero-order valence-electron chi connectivity index (χ0n) is 25.8. The number of esters is 1. The predicted octanol–water partition coefficient (Wildman–Crippen LogP) is 4.42. The van der Waals surface area contributed by atoms with E-state index in [1.54, 1.807) is 6.20 Å². The highest BCUT2D eigenvalue weighted by atomic mass is 16.5. The first-order chi connectivity index (χ1) is 20.0. The number of imidazole rings is 2. The second-order valence-corrected chi connectivity index (χ2v) is 10.9. The number of benzene rings is 1. The lowest BCUT2D eigenvalue weighted by molar-refractivity contribution is -0.679. The summed E-state index contributed by atoms with van der Waals surface area (Å²) in [7, 11) is 2.06. The van der Waals surface area contributed by atoms with Gasteiger partial charge in [0.2, 0.25) is 0 Å². The van der Waals surface area contributed by atoms with E-state index in [0.29, 0.717) is 13.0 Å². The van der Waals surface area contributed by atoms with Crippen molar-refractivity contribution in [3.05, 3.63) is 71.8 Å². The van der Waals surface area contributed by atoms with Gasteiger partial charge in [0.05, 0.1) is 26.6 Å². The fourth-order valence-electron chi connectivity index (χ4n) is 5.23. The van der Waals surface area contributed by atoms with Gasteiger partial charge in [0, 0.05) is 32.0 Å². The number of hydrogen-bond donors (Lipinski definition) is 2. The molecule has 9 nitrogen and oxygen atoms in total. The molecule has 0 aliphatic carbocycles. The van der Waals surface area contributed by atoms with E-state index in [9.17, 15) is 4.79 Å². The number of carbonyl (C=O) groups is 1. The standard InChI is InChI=1S/C32H51N7O2/c1-5-18-37(19-6-2)20-8-9-21-38(22-14-32(40)41-7-3)24-28-10-12-29(13-11-28)25-39(26-30-33-15-16-34-30)27-31-35-17-23-36(31)4/h10-13,15-17,23H,5-9,14,18-22,24-27H2,1-4H3,(H,33,34)/p+1. The first kappa shape index (κ1) is 32.5. The molecule has 0 unspecified atom stereocenters. The minimum Gasteiger partial charge on any atom is -0.466 e. The molecule has 3 aromatic rings. The van der Waals surface area contributed by atoms with Crippen LogP contribution in [0.25, 0.3) is 0 Å². The van der Waals surface area contributed by atoms with Gasteiger partial charge in [-0.15, -0.1) is 0 Å². The van der Waals surface area contributed by atoms with Gasteiger partial charge in [-0.2, -0.15) is 0 Å². The van der Waals surface area contributed by atoms with Crippen LogP contribution in [0.1, 0.15) is 75.7 Å². The van der Waals surface area contributed by atoms with E-state index < -0.39 is 0 Å². The number of nitrogens with zero attached hydrogens (tertiary/aromatic N) is 5. The van der Waals surface area contributed by atoms with Gasteiger partial charge in [-0.1, -0.05) is 38.1 Å². The molecule has 0 aliphatic rings. The lowest BCUT2D eigenvalue weighted by atomic mass is 10.1. The maximum absolute atomic E-state index is 12.1. The van der Waals surface area contributed by atoms with Crippen LogP contribution >= 0.6 is 0 Å². The quantitative estimate of drug-likeness (QED) is 0.113. The van der Waals surface area contributed by atoms with Crippen LogP contribution in [0.2, 0.25) is 0 Å². The largest absolute Gasteiger partial charge is 0.466 e. The summed E-state index contributed by atoms with van der Waals surface area (Å²) >= 11 is 0. The number of H-pyrrole nitrogens is 2. The summed E-state index contributed by atoms with van der Waals surface area (Å²) in [6.45, 7) is 15.2. The molecule has 2 heterocycles. The second kappa shape index (κ2) is 18.4. The number of aromatic nitrogens is 4. The van der Waals surface area contributed by atoms with Gasteiger partial charge >= 0.3 is 5.97 Å². The first-order valence-electron chi connectivity index (χ1n) is 15.4. The number of rotatable bonds is 21. The van der Waals surface area contributed by atoms with E-state index in [4.69, 9.17) is 4.74 Å². The number of unbranched alkanes of at least 4 members (excludes halogenated alkanes) is 1.